The number of methoxy groups -OCH3 is 1. The first-order chi connectivity index (χ1) is 8.61. The molecule has 2 rings (SSSR count). The van der Waals surface area contributed by atoms with Gasteiger partial charge < -0.3 is 10.1 Å². The van der Waals surface area contributed by atoms with Crippen molar-refractivity contribution in [2.75, 3.05) is 13.7 Å². The molecule has 0 spiro atoms. The zero-order valence-electron chi connectivity index (χ0n) is 9.67. The van der Waals surface area contributed by atoms with E-state index in [1.807, 2.05) is 0 Å². The van der Waals surface area contributed by atoms with Crippen LogP contribution in [0.2, 0.25) is 0 Å². The Morgan fingerprint density at radius 3 is 2.78 bits per heavy atom. The molecule has 94 valence electrons. The van der Waals surface area contributed by atoms with E-state index in [-0.39, 0.29) is 19.0 Å². The summed E-state index contributed by atoms with van der Waals surface area (Å²) in [6.45, 7) is 0.102. The highest BCUT2D eigenvalue weighted by atomic mass is 16.5. The Balaban J connectivity index is 2.09. The summed E-state index contributed by atoms with van der Waals surface area (Å²) in [4.78, 5) is 38.9. The van der Waals surface area contributed by atoms with Gasteiger partial charge in [0.25, 0.3) is 0 Å². The van der Waals surface area contributed by atoms with Crippen LogP contribution in [0, 0.1) is 0 Å². The van der Waals surface area contributed by atoms with Gasteiger partial charge in [-0.15, -0.1) is 0 Å². The van der Waals surface area contributed by atoms with Gasteiger partial charge >= 0.3 is 12.0 Å². The molecule has 18 heavy (non-hydrogen) atoms. The molecule has 0 bridgehead atoms. The average Bonchev–Trinajstić information content (AvgIpc) is 2.70. The fourth-order valence-corrected chi connectivity index (χ4v) is 1.53. The maximum atomic E-state index is 11.4. The smallest absolute Gasteiger partial charge is 0.339 e. The minimum Gasteiger partial charge on any atom is -0.465 e. The first kappa shape index (κ1) is 12.0. The number of hydrogen-bond donors (Lipinski definition) is 1. The van der Waals surface area contributed by atoms with E-state index in [0.717, 1.165) is 4.90 Å². The Kier molecular flexibility index (Phi) is 3.22. The highest BCUT2D eigenvalue weighted by molar-refractivity contribution is 6.01. The Morgan fingerprint density at radius 1 is 1.50 bits per heavy atom. The number of rotatable bonds is 3. The molecule has 0 atom stereocenters. The molecule has 1 N–H and O–H groups in total. The van der Waals surface area contributed by atoms with Gasteiger partial charge in [0.05, 0.1) is 31.5 Å². The van der Waals surface area contributed by atoms with Gasteiger partial charge in [0.15, 0.2) is 0 Å². The van der Waals surface area contributed by atoms with E-state index in [1.54, 1.807) is 6.07 Å². The third kappa shape index (κ3) is 2.29. The zero-order chi connectivity index (χ0) is 13.1. The van der Waals surface area contributed by atoms with Crippen LogP contribution in [0.3, 0.4) is 0 Å². The van der Waals surface area contributed by atoms with Gasteiger partial charge in [0.2, 0.25) is 5.91 Å². The fourth-order valence-electron chi connectivity index (χ4n) is 1.53. The highest BCUT2D eigenvalue weighted by Crippen LogP contribution is 2.08. The van der Waals surface area contributed by atoms with E-state index >= 15 is 0 Å². The van der Waals surface area contributed by atoms with Gasteiger partial charge in [-0.25, -0.2) is 9.59 Å². The van der Waals surface area contributed by atoms with Crippen molar-refractivity contribution in [3.8, 4) is 0 Å². The molecule has 1 aliphatic heterocycles. The van der Waals surface area contributed by atoms with Crippen LogP contribution in [0.1, 0.15) is 16.1 Å². The molecule has 1 aromatic heterocycles. The van der Waals surface area contributed by atoms with Crippen molar-refractivity contribution in [2.24, 2.45) is 0 Å². The Bertz CT molecular complexity index is 482. The summed E-state index contributed by atoms with van der Waals surface area (Å²) in [7, 11) is 1.28. The van der Waals surface area contributed by atoms with Gasteiger partial charge in [-0.3, -0.25) is 14.7 Å². The number of imide groups is 1. The van der Waals surface area contributed by atoms with Gasteiger partial charge in [0, 0.05) is 6.20 Å². The number of carbonyl (C=O) groups is 3. The molecule has 1 saturated heterocycles. The number of ether oxygens (including phenoxy) is 1. The van der Waals surface area contributed by atoms with Crippen LogP contribution in [-0.4, -0.2) is 41.4 Å². The number of carbonyl (C=O) groups excluding carboxylic acids is 3. The summed E-state index contributed by atoms with van der Waals surface area (Å²) in [6, 6.07) is 2.68. The Hall–Kier alpha value is -2.44. The maximum absolute atomic E-state index is 11.4. The summed E-state index contributed by atoms with van der Waals surface area (Å²) < 4.78 is 4.54. The fraction of sp³-hybridized carbons (Fsp3) is 0.273. The van der Waals surface area contributed by atoms with Crippen molar-refractivity contribution in [1.29, 1.82) is 0 Å². The molecule has 7 heteroatoms. The zero-order valence-corrected chi connectivity index (χ0v) is 9.67. The molecule has 0 unspecified atom stereocenters. The molecule has 0 saturated carbocycles. The lowest BCUT2D eigenvalue weighted by Crippen LogP contribution is -2.30. The molecule has 0 aromatic carbocycles. The van der Waals surface area contributed by atoms with Crippen LogP contribution in [0.4, 0.5) is 4.79 Å². The summed E-state index contributed by atoms with van der Waals surface area (Å²) in [6.07, 6.45) is 1.35. The summed E-state index contributed by atoms with van der Waals surface area (Å²) in [5.74, 6) is -0.775. The van der Waals surface area contributed by atoms with E-state index in [1.165, 1.54) is 19.4 Å². The number of amides is 3. The van der Waals surface area contributed by atoms with Crippen molar-refractivity contribution in [2.45, 2.75) is 6.54 Å². The number of hydrogen-bond acceptors (Lipinski definition) is 5. The molecular formula is C11H11N3O4. The van der Waals surface area contributed by atoms with Crippen molar-refractivity contribution in [3.63, 3.8) is 0 Å². The molecular weight excluding hydrogens is 238 g/mol. The monoisotopic (exact) mass is 249 g/mol. The molecule has 1 aromatic rings. The van der Waals surface area contributed by atoms with Gasteiger partial charge in [-0.1, -0.05) is 0 Å². The number of nitrogens with one attached hydrogen (secondary N) is 1. The maximum Gasteiger partial charge on any atom is 0.339 e. The third-order valence-corrected chi connectivity index (χ3v) is 2.50. The molecule has 7 nitrogen and oxygen atoms in total. The second-order valence-electron chi connectivity index (χ2n) is 3.67. The van der Waals surface area contributed by atoms with Crippen LogP contribution in [0.25, 0.3) is 0 Å². The minimum atomic E-state index is -0.482. The molecule has 2 heterocycles. The molecule has 0 radical (unpaired) electrons. The van der Waals surface area contributed by atoms with Gasteiger partial charge in [-0.05, 0) is 12.1 Å². The SMILES string of the molecule is COC(=O)c1ccc(CN2C(=O)CNC2=O)nc1. The summed E-state index contributed by atoms with van der Waals surface area (Å²) in [5.41, 5.74) is 0.839. The normalized spacial score (nSPS) is 14.6. The largest absolute Gasteiger partial charge is 0.465 e. The predicted molar refractivity (Wildman–Crippen MR) is 59.5 cm³/mol. The third-order valence-electron chi connectivity index (χ3n) is 2.50. The van der Waals surface area contributed by atoms with Crippen molar-refractivity contribution >= 4 is 17.9 Å². The van der Waals surface area contributed by atoms with Crippen LogP contribution >= 0.6 is 0 Å². The number of pyridine rings is 1. The van der Waals surface area contributed by atoms with E-state index in [9.17, 15) is 14.4 Å². The number of nitrogens with zero attached hydrogens (tertiary/aromatic N) is 2. The van der Waals surface area contributed by atoms with E-state index in [0.29, 0.717) is 11.3 Å². The minimum absolute atomic E-state index is 0.0130. The van der Waals surface area contributed by atoms with Crippen molar-refractivity contribution in [3.05, 3.63) is 29.6 Å². The van der Waals surface area contributed by atoms with Crippen molar-refractivity contribution < 1.29 is 19.1 Å². The number of aromatic nitrogens is 1. The van der Waals surface area contributed by atoms with E-state index in [2.05, 4.69) is 15.0 Å². The Labute approximate surface area is 103 Å². The van der Waals surface area contributed by atoms with Crippen molar-refractivity contribution in [1.82, 2.24) is 15.2 Å². The lowest BCUT2D eigenvalue weighted by atomic mass is 10.2. The predicted octanol–water partition coefficient (Wildman–Crippen LogP) is -0.0800. The van der Waals surface area contributed by atoms with E-state index in [4.69, 9.17) is 0 Å². The lowest BCUT2D eigenvalue weighted by molar-refractivity contribution is -0.125. The van der Waals surface area contributed by atoms with Crippen LogP contribution in [0.15, 0.2) is 18.3 Å². The number of esters is 1. The van der Waals surface area contributed by atoms with E-state index < -0.39 is 12.0 Å². The summed E-state index contributed by atoms with van der Waals surface area (Å²) in [5, 5.41) is 2.41. The van der Waals surface area contributed by atoms with Crippen LogP contribution in [-0.2, 0) is 16.1 Å². The van der Waals surface area contributed by atoms with Gasteiger partial charge in [-0.2, -0.15) is 0 Å². The second kappa shape index (κ2) is 4.82. The first-order valence-electron chi connectivity index (χ1n) is 5.23. The first-order valence-corrected chi connectivity index (χ1v) is 5.23. The quantitative estimate of drug-likeness (QED) is 0.598. The van der Waals surface area contributed by atoms with Gasteiger partial charge in [0.1, 0.15) is 0 Å². The Morgan fingerprint density at radius 2 is 2.28 bits per heavy atom. The lowest BCUT2D eigenvalue weighted by Gasteiger charge is -2.11. The van der Waals surface area contributed by atoms with Crippen LogP contribution < -0.4 is 5.32 Å². The van der Waals surface area contributed by atoms with Crippen LogP contribution in [0.5, 0.6) is 0 Å². The summed E-state index contributed by atoms with van der Waals surface area (Å²) >= 11 is 0. The molecule has 1 fully saturated rings. The highest BCUT2D eigenvalue weighted by Gasteiger charge is 2.28. The number of urea groups is 1. The molecule has 3 amide bonds. The topological polar surface area (TPSA) is 88.6 Å². The standard InChI is InChI=1S/C11H11N3O4/c1-18-10(16)7-2-3-8(12-4-7)6-14-9(15)5-13-11(14)17/h2-4H,5-6H2,1H3,(H,13,17). The average molecular weight is 249 g/mol. The second-order valence-corrected chi connectivity index (χ2v) is 3.67. The molecule has 1 aliphatic rings. The molecule has 0 aliphatic carbocycles.